The van der Waals surface area contributed by atoms with Gasteiger partial charge >= 0.3 is 6.18 Å². The second kappa shape index (κ2) is 5.18. The second-order valence-corrected chi connectivity index (χ2v) is 5.28. The molecule has 2 aromatic rings. The zero-order valence-corrected chi connectivity index (χ0v) is 11.6. The molecule has 0 spiro atoms. The predicted molar refractivity (Wildman–Crippen MR) is 76.4 cm³/mol. The van der Waals surface area contributed by atoms with Crippen molar-refractivity contribution in [3.63, 3.8) is 0 Å². The van der Waals surface area contributed by atoms with Gasteiger partial charge < -0.3 is 10.2 Å². The van der Waals surface area contributed by atoms with E-state index in [2.05, 4.69) is 22.1 Å². The Hall–Kier alpha value is -1.82. The number of nitrogens with zero attached hydrogens (tertiary/aromatic N) is 2. The van der Waals surface area contributed by atoms with Gasteiger partial charge in [-0.1, -0.05) is 12.1 Å². The highest BCUT2D eigenvalue weighted by atomic mass is 19.4. The van der Waals surface area contributed by atoms with Gasteiger partial charge in [0.1, 0.15) is 0 Å². The number of fused-ring (bicyclic) bond motifs is 1. The highest BCUT2D eigenvalue weighted by molar-refractivity contribution is 5.94. The van der Waals surface area contributed by atoms with Gasteiger partial charge in [-0.15, -0.1) is 0 Å². The smallest absolute Gasteiger partial charge is 0.366 e. The maximum absolute atomic E-state index is 13.1. The standard InChI is InChI=1S/C15H16F3N3/c1-10-9-19-7-8-21(10)13-5-6-20-14-11(13)3-2-4-12(14)15(16,17)18/h2-6,10,19H,7-9H2,1H3/t10-/m0/s1. The van der Waals surface area contributed by atoms with E-state index in [0.29, 0.717) is 5.39 Å². The van der Waals surface area contributed by atoms with Gasteiger partial charge in [0.05, 0.1) is 11.1 Å². The van der Waals surface area contributed by atoms with Crippen LogP contribution in [0.4, 0.5) is 18.9 Å². The SMILES string of the molecule is C[C@H]1CNCCN1c1ccnc2c(C(F)(F)F)cccc12. The van der Waals surface area contributed by atoms with E-state index in [-0.39, 0.29) is 11.6 Å². The number of hydrogen-bond acceptors (Lipinski definition) is 3. The van der Waals surface area contributed by atoms with Crippen LogP contribution in [0.15, 0.2) is 30.5 Å². The molecule has 1 saturated heterocycles. The first kappa shape index (κ1) is 14.1. The zero-order valence-electron chi connectivity index (χ0n) is 11.6. The van der Waals surface area contributed by atoms with Crippen molar-refractivity contribution in [3.8, 4) is 0 Å². The van der Waals surface area contributed by atoms with Crippen molar-refractivity contribution < 1.29 is 13.2 Å². The normalized spacial score (nSPS) is 20.0. The largest absolute Gasteiger partial charge is 0.418 e. The van der Waals surface area contributed by atoms with Crippen LogP contribution in [0.2, 0.25) is 0 Å². The lowest BCUT2D eigenvalue weighted by molar-refractivity contribution is -0.136. The molecule has 1 aliphatic heterocycles. The van der Waals surface area contributed by atoms with E-state index in [1.165, 1.54) is 12.3 Å². The van der Waals surface area contributed by atoms with Crippen molar-refractivity contribution in [3.05, 3.63) is 36.0 Å². The number of aromatic nitrogens is 1. The van der Waals surface area contributed by atoms with E-state index in [0.717, 1.165) is 31.4 Å². The predicted octanol–water partition coefficient (Wildman–Crippen LogP) is 3.05. The van der Waals surface area contributed by atoms with Crippen molar-refractivity contribution in [1.29, 1.82) is 0 Å². The molecule has 2 heterocycles. The van der Waals surface area contributed by atoms with Crippen molar-refractivity contribution in [1.82, 2.24) is 10.3 Å². The molecule has 0 saturated carbocycles. The summed E-state index contributed by atoms with van der Waals surface area (Å²) in [6.07, 6.45) is -2.93. The molecule has 6 heteroatoms. The molecule has 1 atom stereocenters. The van der Waals surface area contributed by atoms with Crippen LogP contribution >= 0.6 is 0 Å². The lowest BCUT2D eigenvalue weighted by atomic mass is 10.1. The summed E-state index contributed by atoms with van der Waals surface area (Å²) in [5.41, 5.74) is 0.165. The Balaban J connectivity index is 2.17. The molecule has 0 bridgehead atoms. The highest BCUT2D eigenvalue weighted by Gasteiger charge is 2.33. The Bertz CT molecular complexity index is 654. The minimum atomic E-state index is -4.39. The van der Waals surface area contributed by atoms with Gasteiger partial charge in [0.15, 0.2) is 0 Å². The van der Waals surface area contributed by atoms with Crippen molar-refractivity contribution >= 4 is 16.6 Å². The molecule has 0 unspecified atom stereocenters. The summed E-state index contributed by atoms with van der Waals surface area (Å²) >= 11 is 0. The summed E-state index contributed by atoms with van der Waals surface area (Å²) in [4.78, 5) is 6.11. The number of piperazine rings is 1. The second-order valence-electron chi connectivity index (χ2n) is 5.28. The Labute approximate surface area is 120 Å². The number of pyridine rings is 1. The van der Waals surface area contributed by atoms with Gasteiger partial charge in [0.25, 0.3) is 0 Å². The van der Waals surface area contributed by atoms with E-state index in [1.54, 1.807) is 12.1 Å². The van der Waals surface area contributed by atoms with Crippen LogP contribution in [0, 0.1) is 0 Å². The Morgan fingerprint density at radius 3 is 2.81 bits per heavy atom. The summed E-state index contributed by atoms with van der Waals surface area (Å²) < 4.78 is 39.3. The van der Waals surface area contributed by atoms with Gasteiger partial charge in [0, 0.05) is 42.9 Å². The summed E-state index contributed by atoms with van der Waals surface area (Å²) in [6.45, 7) is 4.48. The van der Waals surface area contributed by atoms with Gasteiger partial charge in [-0.3, -0.25) is 4.98 Å². The quantitative estimate of drug-likeness (QED) is 0.876. The Morgan fingerprint density at radius 1 is 1.29 bits per heavy atom. The molecule has 0 aliphatic carbocycles. The molecule has 21 heavy (non-hydrogen) atoms. The van der Waals surface area contributed by atoms with Crippen LogP contribution < -0.4 is 10.2 Å². The number of benzene rings is 1. The lowest BCUT2D eigenvalue weighted by Crippen LogP contribution is -2.50. The van der Waals surface area contributed by atoms with E-state index >= 15 is 0 Å². The van der Waals surface area contributed by atoms with Crippen LogP contribution in [0.1, 0.15) is 12.5 Å². The number of nitrogens with one attached hydrogen (secondary N) is 1. The molecule has 1 aromatic carbocycles. The number of rotatable bonds is 1. The Kier molecular flexibility index (Phi) is 3.49. The summed E-state index contributed by atoms with van der Waals surface area (Å²) in [7, 11) is 0. The van der Waals surface area contributed by atoms with Crippen LogP contribution in [-0.4, -0.2) is 30.7 Å². The molecule has 3 nitrogen and oxygen atoms in total. The molecule has 0 radical (unpaired) electrons. The first-order valence-corrected chi connectivity index (χ1v) is 6.91. The topological polar surface area (TPSA) is 28.2 Å². The molecular formula is C15H16F3N3. The Morgan fingerprint density at radius 2 is 2.10 bits per heavy atom. The van der Waals surface area contributed by atoms with Gasteiger partial charge in [-0.05, 0) is 19.1 Å². The minimum Gasteiger partial charge on any atom is -0.366 e. The van der Waals surface area contributed by atoms with Crippen molar-refractivity contribution in [2.75, 3.05) is 24.5 Å². The fourth-order valence-corrected chi connectivity index (χ4v) is 2.84. The maximum atomic E-state index is 13.1. The third-order valence-electron chi connectivity index (χ3n) is 3.86. The number of alkyl halides is 3. The molecule has 3 rings (SSSR count). The molecule has 1 aliphatic rings. The van der Waals surface area contributed by atoms with E-state index < -0.39 is 11.7 Å². The number of para-hydroxylation sites is 1. The third-order valence-corrected chi connectivity index (χ3v) is 3.86. The van der Waals surface area contributed by atoms with E-state index in [9.17, 15) is 13.2 Å². The van der Waals surface area contributed by atoms with Crippen LogP contribution in [0.3, 0.4) is 0 Å². The number of anilines is 1. The van der Waals surface area contributed by atoms with Crippen LogP contribution in [-0.2, 0) is 6.18 Å². The average molecular weight is 295 g/mol. The molecule has 0 amide bonds. The molecule has 112 valence electrons. The molecule has 1 N–H and O–H groups in total. The summed E-state index contributed by atoms with van der Waals surface area (Å²) in [5.74, 6) is 0. The maximum Gasteiger partial charge on any atom is 0.418 e. The first-order chi connectivity index (χ1) is 9.98. The average Bonchev–Trinajstić information content (AvgIpc) is 2.46. The van der Waals surface area contributed by atoms with Gasteiger partial charge in [-0.2, -0.15) is 13.2 Å². The lowest BCUT2D eigenvalue weighted by Gasteiger charge is -2.36. The summed E-state index contributed by atoms with van der Waals surface area (Å²) in [5, 5.41) is 3.84. The van der Waals surface area contributed by atoms with E-state index in [1.807, 2.05) is 0 Å². The molecule has 1 aromatic heterocycles. The summed E-state index contributed by atoms with van der Waals surface area (Å²) in [6, 6.07) is 6.27. The van der Waals surface area contributed by atoms with Crippen molar-refractivity contribution in [2.45, 2.75) is 19.1 Å². The fourth-order valence-electron chi connectivity index (χ4n) is 2.84. The van der Waals surface area contributed by atoms with Gasteiger partial charge in [-0.25, -0.2) is 0 Å². The zero-order chi connectivity index (χ0) is 15.0. The van der Waals surface area contributed by atoms with E-state index in [4.69, 9.17) is 0 Å². The number of hydrogen-bond donors (Lipinski definition) is 1. The van der Waals surface area contributed by atoms with Gasteiger partial charge in [0.2, 0.25) is 0 Å². The van der Waals surface area contributed by atoms with Crippen LogP contribution in [0.25, 0.3) is 10.9 Å². The van der Waals surface area contributed by atoms with Crippen molar-refractivity contribution in [2.24, 2.45) is 0 Å². The monoisotopic (exact) mass is 295 g/mol. The number of halogens is 3. The third kappa shape index (κ3) is 2.55. The fraction of sp³-hybridized carbons (Fsp3) is 0.400. The molecule has 1 fully saturated rings. The molecular weight excluding hydrogens is 279 g/mol. The minimum absolute atomic E-state index is 0.0215. The highest BCUT2D eigenvalue weighted by Crippen LogP contribution is 2.36. The van der Waals surface area contributed by atoms with Crippen LogP contribution in [0.5, 0.6) is 0 Å². The first-order valence-electron chi connectivity index (χ1n) is 6.91.